The lowest BCUT2D eigenvalue weighted by Gasteiger charge is -2.02. The van der Waals surface area contributed by atoms with Gasteiger partial charge in [-0.25, -0.2) is 5.48 Å². The zero-order valence-corrected chi connectivity index (χ0v) is 4.22. The minimum atomic E-state index is 0.347. The topological polar surface area (TPSA) is 32.3 Å². The summed E-state index contributed by atoms with van der Waals surface area (Å²) >= 11 is 0. The van der Waals surface area contributed by atoms with E-state index in [0.29, 0.717) is 6.04 Å². The highest BCUT2D eigenvalue weighted by atomic mass is 16.5. The maximum Gasteiger partial charge on any atom is 0.111 e. The molecule has 1 atom stereocenters. The molecule has 1 aliphatic heterocycles. The van der Waals surface area contributed by atoms with Crippen molar-refractivity contribution >= 4 is 7.28 Å². The third-order valence-corrected chi connectivity index (χ3v) is 1.35. The first-order valence-electron chi connectivity index (χ1n) is 2.65. The van der Waals surface area contributed by atoms with Gasteiger partial charge in [0, 0.05) is 6.04 Å². The molecule has 0 aromatic rings. The van der Waals surface area contributed by atoms with Crippen molar-refractivity contribution < 1.29 is 5.21 Å². The second kappa shape index (κ2) is 2.33. The van der Waals surface area contributed by atoms with Gasteiger partial charge in [-0.15, -0.1) is 0 Å². The Bertz CT molecular complexity index is 53.7. The van der Waals surface area contributed by atoms with E-state index in [1.165, 1.54) is 0 Å². The summed E-state index contributed by atoms with van der Waals surface area (Å²) in [6, 6.07) is 0.347. The Kier molecular flexibility index (Phi) is 1.71. The molecule has 1 unspecified atom stereocenters. The predicted octanol–water partition coefficient (Wildman–Crippen LogP) is 0.278. The Morgan fingerprint density at radius 3 is 2.86 bits per heavy atom. The van der Waals surface area contributed by atoms with Crippen LogP contribution in [0.4, 0.5) is 0 Å². The number of hydrogen-bond donors (Lipinski definition) is 2. The van der Waals surface area contributed by atoms with E-state index in [1.807, 2.05) is 0 Å². The minimum Gasteiger partial charge on any atom is -0.317 e. The largest absolute Gasteiger partial charge is 0.317 e. The molecule has 7 heavy (non-hydrogen) atoms. The summed E-state index contributed by atoms with van der Waals surface area (Å²) in [4.78, 5) is 0. The van der Waals surface area contributed by atoms with Gasteiger partial charge in [0.15, 0.2) is 0 Å². The van der Waals surface area contributed by atoms with Gasteiger partial charge in [-0.2, -0.15) is 0 Å². The number of hydroxylamine groups is 1. The lowest BCUT2D eigenvalue weighted by molar-refractivity contribution is 0.134. The summed E-state index contributed by atoms with van der Waals surface area (Å²) in [6.07, 6.45) is 3.27. The molecule has 0 aromatic carbocycles. The van der Waals surface area contributed by atoms with Crippen molar-refractivity contribution in [2.75, 3.05) is 0 Å². The van der Waals surface area contributed by atoms with E-state index in [-0.39, 0.29) is 0 Å². The fourth-order valence-corrected chi connectivity index (χ4v) is 0.873. The van der Waals surface area contributed by atoms with E-state index < -0.39 is 0 Å². The van der Waals surface area contributed by atoms with Crippen LogP contribution in [0.25, 0.3) is 0 Å². The third-order valence-electron chi connectivity index (χ3n) is 1.35. The number of nitrogens with one attached hydrogen (secondary N) is 1. The lowest BCUT2D eigenvalue weighted by Crippen LogP contribution is -2.20. The van der Waals surface area contributed by atoms with Crippen LogP contribution in [-0.2, 0) is 0 Å². The Morgan fingerprint density at radius 2 is 2.57 bits per heavy atom. The maximum atomic E-state index is 8.30. The fraction of sp³-hybridized carbons (Fsp3) is 1.00. The SMILES string of the molecule is ONC1C[B]CC1. The summed E-state index contributed by atoms with van der Waals surface area (Å²) in [5, 5.41) is 8.30. The van der Waals surface area contributed by atoms with Crippen molar-refractivity contribution in [1.82, 2.24) is 5.48 Å². The molecular weight excluding hydrogens is 88.9 g/mol. The van der Waals surface area contributed by atoms with Crippen LogP contribution in [0.2, 0.25) is 12.6 Å². The Morgan fingerprint density at radius 1 is 1.71 bits per heavy atom. The van der Waals surface area contributed by atoms with E-state index >= 15 is 0 Å². The second-order valence-electron chi connectivity index (χ2n) is 1.93. The van der Waals surface area contributed by atoms with Crippen LogP contribution >= 0.6 is 0 Å². The summed E-state index contributed by atoms with van der Waals surface area (Å²) in [5.41, 5.74) is 2.23. The van der Waals surface area contributed by atoms with Crippen molar-refractivity contribution in [3.05, 3.63) is 0 Å². The zero-order valence-electron chi connectivity index (χ0n) is 4.22. The molecule has 0 spiro atoms. The van der Waals surface area contributed by atoms with Gasteiger partial charge in [0.05, 0.1) is 0 Å². The smallest absolute Gasteiger partial charge is 0.111 e. The van der Waals surface area contributed by atoms with E-state index in [2.05, 4.69) is 12.8 Å². The quantitative estimate of drug-likeness (QED) is 0.364. The van der Waals surface area contributed by atoms with Crippen LogP contribution < -0.4 is 5.48 Å². The molecule has 1 fully saturated rings. The monoisotopic (exact) mass is 98.1 g/mol. The molecule has 0 amide bonds. The highest BCUT2D eigenvalue weighted by molar-refractivity contribution is 6.36. The molecule has 1 radical (unpaired) electrons. The zero-order chi connectivity index (χ0) is 5.11. The van der Waals surface area contributed by atoms with Crippen molar-refractivity contribution in [3.63, 3.8) is 0 Å². The first-order valence-corrected chi connectivity index (χ1v) is 2.65. The molecule has 2 nitrogen and oxygen atoms in total. The van der Waals surface area contributed by atoms with Gasteiger partial charge in [0.25, 0.3) is 0 Å². The van der Waals surface area contributed by atoms with Gasteiger partial charge in [-0.1, -0.05) is 12.6 Å². The minimum absolute atomic E-state index is 0.347. The molecule has 39 valence electrons. The summed E-state index contributed by atoms with van der Waals surface area (Å²) in [6.45, 7) is 0. The van der Waals surface area contributed by atoms with Gasteiger partial charge >= 0.3 is 0 Å². The van der Waals surface area contributed by atoms with Crippen molar-refractivity contribution in [2.24, 2.45) is 0 Å². The van der Waals surface area contributed by atoms with Crippen LogP contribution in [-0.4, -0.2) is 18.5 Å². The molecule has 1 aliphatic rings. The molecular formula is C4H9BNO. The number of hydrogen-bond acceptors (Lipinski definition) is 2. The summed E-state index contributed by atoms with van der Waals surface area (Å²) in [5.74, 6) is 0. The third kappa shape index (κ3) is 1.18. The van der Waals surface area contributed by atoms with Gasteiger partial charge < -0.3 is 5.21 Å². The standard InChI is InChI=1S/C4H9BNO/c7-6-4-1-2-5-3-4/h4,6-7H,1-3H2. The van der Waals surface area contributed by atoms with Gasteiger partial charge in [0.2, 0.25) is 0 Å². The normalized spacial score (nSPS) is 30.1. The molecule has 0 saturated carbocycles. The molecule has 1 rings (SSSR count). The molecule has 0 aliphatic carbocycles. The van der Waals surface area contributed by atoms with Crippen molar-refractivity contribution in [2.45, 2.75) is 25.1 Å². The second-order valence-corrected chi connectivity index (χ2v) is 1.93. The van der Waals surface area contributed by atoms with Gasteiger partial charge in [-0.05, 0) is 6.42 Å². The van der Waals surface area contributed by atoms with E-state index in [4.69, 9.17) is 5.21 Å². The molecule has 1 heterocycles. The van der Waals surface area contributed by atoms with Gasteiger partial charge in [0.1, 0.15) is 7.28 Å². The maximum absolute atomic E-state index is 8.30. The van der Waals surface area contributed by atoms with Crippen LogP contribution in [0, 0.1) is 0 Å². The first kappa shape index (κ1) is 5.13. The first-order chi connectivity index (χ1) is 3.43. The fourth-order valence-electron chi connectivity index (χ4n) is 0.873. The van der Waals surface area contributed by atoms with E-state index in [0.717, 1.165) is 19.1 Å². The highest BCUT2D eigenvalue weighted by Gasteiger charge is 2.13. The Labute approximate surface area is 44.1 Å². The van der Waals surface area contributed by atoms with Crippen molar-refractivity contribution in [3.8, 4) is 0 Å². The van der Waals surface area contributed by atoms with Gasteiger partial charge in [-0.3, -0.25) is 0 Å². The number of rotatable bonds is 1. The average Bonchev–Trinajstić information content (AvgIpc) is 2.14. The molecule has 1 saturated heterocycles. The molecule has 0 bridgehead atoms. The lowest BCUT2D eigenvalue weighted by atomic mass is 9.77. The summed E-state index contributed by atoms with van der Waals surface area (Å²) in [7, 11) is 2.19. The van der Waals surface area contributed by atoms with E-state index in [1.54, 1.807) is 0 Å². The molecule has 2 N–H and O–H groups in total. The predicted molar refractivity (Wildman–Crippen MR) is 28.7 cm³/mol. The van der Waals surface area contributed by atoms with Crippen LogP contribution in [0.15, 0.2) is 0 Å². The average molecular weight is 97.9 g/mol. The van der Waals surface area contributed by atoms with Crippen molar-refractivity contribution in [1.29, 1.82) is 0 Å². The molecule has 3 heteroatoms. The van der Waals surface area contributed by atoms with E-state index in [9.17, 15) is 0 Å². The molecule has 0 aromatic heterocycles. The summed E-state index contributed by atoms with van der Waals surface area (Å²) < 4.78 is 0. The van der Waals surface area contributed by atoms with Crippen LogP contribution in [0.5, 0.6) is 0 Å². The van der Waals surface area contributed by atoms with Crippen LogP contribution in [0.3, 0.4) is 0 Å². The Balaban J connectivity index is 2.14. The Hall–Kier alpha value is -0.0151. The van der Waals surface area contributed by atoms with Crippen LogP contribution in [0.1, 0.15) is 6.42 Å². The highest BCUT2D eigenvalue weighted by Crippen LogP contribution is 2.11.